The lowest BCUT2D eigenvalue weighted by Gasteiger charge is -2.13. The van der Waals surface area contributed by atoms with Crippen molar-refractivity contribution < 1.29 is 14.9 Å². The molecule has 0 aliphatic carbocycles. The van der Waals surface area contributed by atoms with Crippen molar-refractivity contribution in [3.63, 3.8) is 0 Å². The summed E-state index contributed by atoms with van der Waals surface area (Å²) in [4.78, 5) is 4.05. The van der Waals surface area contributed by atoms with Crippen LogP contribution in [0.3, 0.4) is 0 Å². The normalized spacial score (nSPS) is 12.1. The number of aromatic nitrogens is 1. The van der Waals surface area contributed by atoms with Crippen molar-refractivity contribution in [2.45, 2.75) is 6.10 Å². The van der Waals surface area contributed by atoms with Crippen molar-refractivity contribution in [1.82, 2.24) is 4.98 Å². The minimum atomic E-state index is -0.966. The highest BCUT2D eigenvalue weighted by molar-refractivity contribution is 5.43. The van der Waals surface area contributed by atoms with E-state index in [1.807, 2.05) is 0 Å². The molecule has 0 saturated heterocycles. The van der Waals surface area contributed by atoms with Crippen LogP contribution >= 0.6 is 0 Å². The largest absolute Gasteiger partial charge is 0.508 e. The summed E-state index contributed by atoms with van der Waals surface area (Å²) in [7, 11) is 1.53. The molecule has 0 amide bonds. The number of nitrogens with zero attached hydrogens (tertiary/aromatic N) is 1. The molecule has 1 unspecified atom stereocenters. The molecule has 2 rings (SSSR count). The van der Waals surface area contributed by atoms with Crippen molar-refractivity contribution in [1.29, 1.82) is 0 Å². The number of methoxy groups -OCH3 is 1. The molecule has 4 nitrogen and oxygen atoms in total. The standard InChI is InChI=1S/C13H13NO3/c1-17-9-5-6-12(15)10(8-9)13(16)11-4-2-3-7-14-11/h2-8,13,15-16H,1H3. The van der Waals surface area contributed by atoms with Gasteiger partial charge in [-0.05, 0) is 30.3 Å². The first-order chi connectivity index (χ1) is 8.22. The topological polar surface area (TPSA) is 62.6 Å². The molecule has 1 atom stereocenters. The van der Waals surface area contributed by atoms with E-state index in [4.69, 9.17) is 4.74 Å². The zero-order chi connectivity index (χ0) is 12.3. The Morgan fingerprint density at radius 3 is 2.71 bits per heavy atom. The van der Waals surface area contributed by atoms with Gasteiger partial charge in [-0.1, -0.05) is 6.07 Å². The summed E-state index contributed by atoms with van der Waals surface area (Å²) in [5.74, 6) is 0.594. The van der Waals surface area contributed by atoms with Gasteiger partial charge in [0, 0.05) is 11.8 Å². The maximum absolute atomic E-state index is 10.1. The number of phenols is 1. The summed E-state index contributed by atoms with van der Waals surface area (Å²) in [5, 5.41) is 19.8. The maximum Gasteiger partial charge on any atom is 0.125 e. The number of ether oxygens (including phenoxy) is 1. The van der Waals surface area contributed by atoms with Gasteiger partial charge in [0.15, 0.2) is 0 Å². The zero-order valence-corrected chi connectivity index (χ0v) is 9.37. The van der Waals surface area contributed by atoms with Crippen LogP contribution in [0.5, 0.6) is 11.5 Å². The summed E-state index contributed by atoms with van der Waals surface area (Å²) in [6.45, 7) is 0. The second-order valence-corrected chi connectivity index (χ2v) is 3.58. The van der Waals surface area contributed by atoms with E-state index < -0.39 is 6.10 Å². The Morgan fingerprint density at radius 2 is 2.06 bits per heavy atom. The smallest absolute Gasteiger partial charge is 0.125 e. The average molecular weight is 231 g/mol. The van der Waals surface area contributed by atoms with Crippen molar-refractivity contribution in [3.8, 4) is 11.5 Å². The molecule has 0 spiro atoms. The highest BCUT2D eigenvalue weighted by atomic mass is 16.5. The number of hydrogen-bond acceptors (Lipinski definition) is 4. The molecule has 0 bridgehead atoms. The lowest BCUT2D eigenvalue weighted by atomic mass is 10.0. The van der Waals surface area contributed by atoms with Crippen LogP contribution in [0.4, 0.5) is 0 Å². The SMILES string of the molecule is COc1ccc(O)c(C(O)c2ccccn2)c1. The lowest BCUT2D eigenvalue weighted by molar-refractivity contribution is 0.210. The second-order valence-electron chi connectivity index (χ2n) is 3.58. The third kappa shape index (κ3) is 2.37. The first-order valence-corrected chi connectivity index (χ1v) is 5.18. The molecule has 1 aromatic carbocycles. The predicted octanol–water partition coefficient (Wildman–Crippen LogP) is 1.88. The maximum atomic E-state index is 10.1. The van der Waals surface area contributed by atoms with Gasteiger partial charge < -0.3 is 14.9 Å². The fourth-order valence-corrected chi connectivity index (χ4v) is 1.58. The Labute approximate surface area is 99.1 Å². The van der Waals surface area contributed by atoms with E-state index >= 15 is 0 Å². The van der Waals surface area contributed by atoms with Crippen LogP contribution in [0.2, 0.25) is 0 Å². The predicted molar refractivity (Wildman–Crippen MR) is 63.0 cm³/mol. The molecule has 17 heavy (non-hydrogen) atoms. The molecular formula is C13H13NO3. The van der Waals surface area contributed by atoms with Gasteiger partial charge in [-0.15, -0.1) is 0 Å². The molecule has 0 aliphatic rings. The van der Waals surface area contributed by atoms with E-state index in [1.54, 1.807) is 36.5 Å². The highest BCUT2D eigenvalue weighted by Crippen LogP contribution is 2.31. The molecule has 88 valence electrons. The van der Waals surface area contributed by atoms with Gasteiger partial charge in [0.05, 0.1) is 12.8 Å². The number of aliphatic hydroxyl groups is 1. The van der Waals surface area contributed by atoms with E-state index in [2.05, 4.69) is 4.98 Å². The number of rotatable bonds is 3. The summed E-state index contributed by atoms with van der Waals surface area (Å²) in [5.41, 5.74) is 0.860. The zero-order valence-electron chi connectivity index (χ0n) is 9.37. The Balaban J connectivity index is 2.40. The number of hydrogen-bond donors (Lipinski definition) is 2. The third-order valence-corrected chi connectivity index (χ3v) is 2.50. The van der Waals surface area contributed by atoms with Crippen LogP contribution < -0.4 is 4.74 Å². The van der Waals surface area contributed by atoms with E-state index in [9.17, 15) is 10.2 Å². The Morgan fingerprint density at radius 1 is 1.24 bits per heavy atom. The molecular weight excluding hydrogens is 218 g/mol. The van der Waals surface area contributed by atoms with E-state index in [-0.39, 0.29) is 5.75 Å². The highest BCUT2D eigenvalue weighted by Gasteiger charge is 2.16. The molecule has 0 aliphatic heterocycles. The van der Waals surface area contributed by atoms with Crippen LogP contribution in [-0.2, 0) is 0 Å². The van der Waals surface area contributed by atoms with Crippen LogP contribution in [0.25, 0.3) is 0 Å². The van der Waals surface area contributed by atoms with Crippen LogP contribution in [0.1, 0.15) is 17.4 Å². The van der Waals surface area contributed by atoms with Crippen molar-refractivity contribution in [3.05, 3.63) is 53.9 Å². The van der Waals surface area contributed by atoms with Crippen LogP contribution in [0, 0.1) is 0 Å². The van der Waals surface area contributed by atoms with Crippen LogP contribution in [0.15, 0.2) is 42.6 Å². The average Bonchev–Trinajstić information content (AvgIpc) is 2.39. The Kier molecular flexibility index (Phi) is 3.25. The summed E-state index contributed by atoms with van der Waals surface area (Å²) >= 11 is 0. The third-order valence-electron chi connectivity index (χ3n) is 2.50. The van der Waals surface area contributed by atoms with E-state index in [0.717, 1.165) is 0 Å². The van der Waals surface area contributed by atoms with Gasteiger partial charge >= 0.3 is 0 Å². The summed E-state index contributed by atoms with van der Waals surface area (Å²) in [6.07, 6.45) is 0.627. The summed E-state index contributed by atoms with van der Waals surface area (Å²) < 4.78 is 5.05. The number of phenolic OH excluding ortho intramolecular Hbond substituents is 1. The van der Waals surface area contributed by atoms with E-state index in [0.29, 0.717) is 17.0 Å². The van der Waals surface area contributed by atoms with Gasteiger partial charge in [-0.2, -0.15) is 0 Å². The van der Waals surface area contributed by atoms with Crippen molar-refractivity contribution >= 4 is 0 Å². The van der Waals surface area contributed by atoms with Gasteiger partial charge in [0.2, 0.25) is 0 Å². The number of aliphatic hydroxyl groups excluding tert-OH is 1. The molecule has 0 saturated carbocycles. The van der Waals surface area contributed by atoms with Crippen LogP contribution in [-0.4, -0.2) is 22.3 Å². The quantitative estimate of drug-likeness (QED) is 0.846. The molecule has 2 N–H and O–H groups in total. The number of benzene rings is 1. The number of pyridine rings is 1. The number of aromatic hydroxyl groups is 1. The second kappa shape index (κ2) is 4.84. The Bertz CT molecular complexity index is 499. The van der Waals surface area contributed by atoms with Gasteiger partial charge in [0.25, 0.3) is 0 Å². The molecule has 2 aromatic rings. The van der Waals surface area contributed by atoms with Gasteiger partial charge in [0.1, 0.15) is 17.6 Å². The Hall–Kier alpha value is -2.07. The lowest BCUT2D eigenvalue weighted by Crippen LogP contribution is -2.02. The van der Waals surface area contributed by atoms with Gasteiger partial charge in [-0.25, -0.2) is 0 Å². The first kappa shape index (κ1) is 11.4. The van der Waals surface area contributed by atoms with Crippen molar-refractivity contribution in [2.75, 3.05) is 7.11 Å². The monoisotopic (exact) mass is 231 g/mol. The van der Waals surface area contributed by atoms with Gasteiger partial charge in [-0.3, -0.25) is 4.98 Å². The molecule has 0 radical (unpaired) electrons. The fraction of sp³-hybridized carbons (Fsp3) is 0.154. The molecule has 4 heteroatoms. The fourth-order valence-electron chi connectivity index (χ4n) is 1.58. The molecule has 0 fully saturated rings. The van der Waals surface area contributed by atoms with E-state index in [1.165, 1.54) is 13.2 Å². The first-order valence-electron chi connectivity index (χ1n) is 5.18. The summed E-state index contributed by atoms with van der Waals surface area (Å²) in [6, 6.07) is 9.95. The molecule has 1 heterocycles. The minimum absolute atomic E-state index is 0.0175. The van der Waals surface area contributed by atoms with Crippen molar-refractivity contribution in [2.24, 2.45) is 0 Å². The molecule has 1 aromatic heterocycles. The minimum Gasteiger partial charge on any atom is -0.508 e.